The predicted octanol–water partition coefficient (Wildman–Crippen LogP) is 3.32. The van der Waals surface area contributed by atoms with Crippen molar-refractivity contribution in [1.82, 2.24) is 0 Å². The number of halogens is 2. The van der Waals surface area contributed by atoms with Gasteiger partial charge >= 0.3 is 0 Å². The first-order chi connectivity index (χ1) is 7.04. The van der Waals surface area contributed by atoms with Crippen LogP contribution in [0.3, 0.4) is 0 Å². The first kappa shape index (κ1) is 11.9. The Kier molecular flexibility index (Phi) is 3.98. The SMILES string of the molecule is CC(C#N)CC(=O)c1cc(Br)ccc1F. The number of Topliss-reactive ketones (excluding diaryl/α,β-unsaturated/α-hetero) is 1. The summed E-state index contributed by atoms with van der Waals surface area (Å²) in [6.07, 6.45) is 0.0455. The van der Waals surface area contributed by atoms with Crippen LogP contribution in [0.15, 0.2) is 22.7 Å². The molecule has 0 heterocycles. The fraction of sp³-hybridized carbons (Fsp3) is 0.273. The first-order valence-electron chi connectivity index (χ1n) is 4.42. The summed E-state index contributed by atoms with van der Waals surface area (Å²) in [4.78, 5) is 11.6. The Morgan fingerprint density at radius 2 is 2.33 bits per heavy atom. The van der Waals surface area contributed by atoms with Crippen molar-refractivity contribution in [2.24, 2.45) is 5.92 Å². The van der Waals surface area contributed by atoms with Gasteiger partial charge in [0.25, 0.3) is 0 Å². The van der Waals surface area contributed by atoms with Gasteiger partial charge in [0.05, 0.1) is 17.6 Å². The summed E-state index contributed by atoms with van der Waals surface area (Å²) >= 11 is 3.16. The van der Waals surface area contributed by atoms with Crippen LogP contribution in [0.25, 0.3) is 0 Å². The predicted molar refractivity (Wildman–Crippen MR) is 57.8 cm³/mol. The van der Waals surface area contributed by atoms with Gasteiger partial charge in [-0.1, -0.05) is 15.9 Å². The lowest BCUT2D eigenvalue weighted by Gasteiger charge is -2.04. The molecule has 0 N–H and O–H groups in total. The number of benzene rings is 1. The van der Waals surface area contributed by atoms with Crippen LogP contribution in [0.5, 0.6) is 0 Å². The van der Waals surface area contributed by atoms with Gasteiger partial charge in [0.1, 0.15) is 5.82 Å². The van der Waals surface area contributed by atoms with E-state index in [4.69, 9.17) is 5.26 Å². The van der Waals surface area contributed by atoms with E-state index in [1.165, 1.54) is 18.2 Å². The van der Waals surface area contributed by atoms with Crippen molar-refractivity contribution in [3.8, 4) is 6.07 Å². The van der Waals surface area contributed by atoms with Gasteiger partial charge in [-0.05, 0) is 25.1 Å². The highest BCUT2D eigenvalue weighted by Crippen LogP contribution is 2.18. The summed E-state index contributed by atoms with van der Waals surface area (Å²) in [7, 11) is 0. The number of hydrogen-bond donors (Lipinski definition) is 0. The third kappa shape index (κ3) is 3.14. The van der Waals surface area contributed by atoms with E-state index in [1.54, 1.807) is 6.92 Å². The van der Waals surface area contributed by atoms with E-state index in [0.29, 0.717) is 4.47 Å². The maximum atomic E-state index is 13.2. The molecule has 15 heavy (non-hydrogen) atoms. The van der Waals surface area contributed by atoms with Crippen molar-refractivity contribution in [1.29, 1.82) is 5.26 Å². The molecule has 4 heteroatoms. The minimum atomic E-state index is -0.548. The summed E-state index contributed by atoms with van der Waals surface area (Å²) < 4.78 is 13.9. The topological polar surface area (TPSA) is 40.9 Å². The molecule has 0 radical (unpaired) electrons. The highest BCUT2D eigenvalue weighted by molar-refractivity contribution is 9.10. The van der Waals surface area contributed by atoms with Crippen LogP contribution in [0.1, 0.15) is 23.7 Å². The molecule has 0 aliphatic heterocycles. The lowest BCUT2D eigenvalue weighted by molar-refractivity contribution is 0.0969. The molecule has 1 aromatic carbocycles. The molecule has 0 bridgehead atoms. The molecular formula is C11H9BrFNO. The average molecular weight is 270 g/mol. The Balaban J connectivity index is 2.92. The average Bonchev–Trinajstić information content (AvgIpc) is 2.21. The molecule has 1 atom stereocenters. The molecule has 2 nitrogen and oxygen atoms in total. The molecule has 0 saturated heterocycles. The number of carbonyl (C=O) groups is 1. The van der Waals surface area contributed by atoms with E-state index in [9.17, 15) is 9.18 Å². The lowest BCUT2D eigenvalue weighted by Crippen LogP contribution is -2.06. The fourth-order valence-corrected chi connectivity index (χ4v) is 1.51. The van der Waals surface area contributed by atoms with Crippen molar-refractivity contribution >= 4 is 21.7 Å². The van der Waals surface area contributed by atoms with Crippen molar-refractivity contribution in [3.05, 3.63) is 34.1 Å². The quantitative estimate of drug-likeness (QED) is 0.790. The molecule has 0 aliphatic rings. The lowest BCUT2D eigenvalue weighted by atomic mass is 10.0. The third-order valence-corrected chi connectivity index (χ3v) is 2.43. The van der Waals surface area contributed by atoms with Crippen LogP contribution in [-0.4, -0.2) is 5.78 Å². The summed E-state index contributed by atoms with van der Waals surface area (Å²) in [6.45, 7) is 1.63. The smallest absolute Gasteiger partial charge is 0.167 e. The maximum Gasteiger partial charge on any atom is 0.167 e. The Morgan fingerprint density at radius 1 is 1.67 bits per heavy atom. The van der Waals surface area contributed by atoms with Gasteiger partial charge in [0, 0.05) is 10.9 Å². The highest BCUT2D eigenvalue weighted by atomic mass is 79.9. The molecule has 0 aromatic heterocycles. The summed E-state index contributed by atoms with van der Waals surface area (Å²) in [5.74, 6) is -1.29. The summed E-state index contributed by atoms with van der Waals surface area (Å²) in [5.41, 5.74) is 0.0338. The molecule has 1 rings (SSSR count). The second kappa shape index (κ2) is 5.04. The maximum absolute atomic E-state index is 13.2. The van der Waals surface area contributed by atoms with E-state index < -0.39 is 11.7 Å². The minimum absolute atomic E-state index is 0.0338. The Hall–Kier alpha value is -1.21. The second-order valence-electron chi connectivity index (χ2n) is 3.28. The van der Waals surface area contributed by atoms with Crippen LogP contribution in [0.4, 0.5) is 4.39 Å². The van der Waals surface area contributed by atoms with E-state index in [-0.39, 0.29) is 17.8 Å². The van der Waals surface area contributed by atoms with Crippen LogP contribution < -0.4 is 0 Å². The van der Waals surface area contributed by atoms with Gasteiger partial charge in [-0.25, -0.2) is 4.39 Å². The van der Waals surface area contributed by atoms with Gasteiger partial charge in [-0.3, -0.25) is 4.79 Å². The minimum Gasteiger partial charge on any atom is -0.294 e. The monoisotopic (exact) mass is 269 g/mol. The Morgan fingerprint density at radius 3 is 2.93 bits per heavy atom. The van der Waals surface area contributed by atoms with Crippen LogP contribution in [0, 0.1) is 23.1 Å². The van der Waals surface area contributed by atoms with Crippen molar-refractivity contribution in [2.75, 3.05) is 0 Å². The molecule has 0 amide bonds. The van der Waals surface area contributed by atoms with Crippen LogP contribution in [-0.2, 0) is 0 Å². The molecular weight excluding hydrogens is 261 g/mol. The van der Waals surface area contributed by atoms with Gasteiger partial charge in [-0.15, -0.1) is 0 Å². The highest BCUT2D eigenvalue weighted by Gasteiger charge is 2.14. The molecule has 1 aromatic rings. The van der Waals surface area contributed by atoms with Crippen LogP contribution in [0.2, 0.25) is 0 Å². The zero-order chi connectivity index (χ0) is 11.4. The number of nitrogens with zero attached hydrogens (tertiary/aromatic N) is 1. The number of carbonyl (C=O) groups excluding carboxylic acids is 1. The second-order valence-corrected chi connectivity index (χ2v) is 4.20. The van der Waals surface area contributed by atoms with Gasteiger partial charge in [0.15, 0.2) is 5.78 Å². The standard InChI is InChI=1S/C11H9BrFNO/c1-7(6-14)4-11(15)9-5-8(12)2-3-10(9)13/h2-3,5,7H,4H2,1H3. The van der Waals surface area contributed by atoms with E-state index >= 15 is 0 Å². The first-order valence-corrected chi connectivity index (χ1v) is 5.21. The molecule has 0 saturated carbocycles. The number of ketones is 1. The van der Waals surface area contributed by atoms with Gasteiger partial charge in [-0.2, -0.15) is 5.26 Å². The van der Waals surface area contributed by atoms with Gasteiger partial charge < -0.3 is 0 Å². The Bertz CT molecular complexity index is 425. The molecule has 0 aliphatic carbocycles. The van der Waals surface area contributed by atoms with E-state index in [1.807, 2.05) is 6.07 Å². The van der Waals surface area contributed by atoms with E-state index in [2.05, 4.69) is 15.9 Å². The van der Waals surface area contributed by atoms with Gasteiger partial charge in [0.2, 0.25) is 0 Å². The van der Waals surface area contributed by atoms with Crippen molar-refractivity contribution in [3.63, 3.8) is 0 Å². The molecule has 0 fully saturated rings. The van der Waals surface area contributed by atoms with Crippen molar-refractivity contribution < 1.29 is 9.18 Å². The zero-order valence-corrected chi connectivity index (χ0v) is 9.71. The normalized spacial score (nSPS) is 11.9. The molecule has 78 valence electrons. The number of nitriles is 1. The molecule has 0 spiro atoms. The summed E-state index contributed by atoms with van der Waals surface area (Å²) in [5, 5.41) is 8.55. The summed E-state index contributed by atoms with van der Waals surface area (Å²) in [6, 6.07) is 6.14. The molecule has 1 unspecified atom stereocenters. The Labute approximate surface area is 95.8 Å². The van der Waals surface area contributed by atoms with Crippen LogP contribution >= 0.6 is 15.9 Å². The third-order valence-electron chi connectivity index (χ3n) is 1.94. The number of rotatable bonds is 3. The number of hydrogen-bond acceptors (Lipinski definition) is 2. The largest absolute Gasteiger partial charge is 0.294 e. The van der Waals surface area contributed by atoms with E-state index in [0.717, 1.165) is 0 Å². The fourth-order valence-electron chi connectivity index (χ4n) is 1.14. The van der Waals surface area contributed by atoms with Crippen molar-refractivity contribution in [2.45, 2.75) is 13.3 Å². The zero-order valence-electron chi connectivity index (χ0n) is 8.13.